The van der Waals surface area contributed by atoms with Gasteiger partial charge in [-0.15, -0.1) is 11.3 Å². The highest BCUT2D eigenvalue weighted by Crippen LogP contribution is 2.42. The third kappa shape index (κ3) is 4.80. The second-order valence-corrected chi connectivity index (χ2v) is 10.0. The lowest BCUT2D eigenvalue weighted by atomic mass is 9.77. The molecule has 3 N–H and O–H groups in total. The number of carboxylic acid groups (broad SMARTS) is 1. The Balaban J connectivity index is 0.000000821. The van der Waals surface area contributed by atoms with Gasteiger partial charge < -0.3 is 15.5 Å². The Morgan fingerprint density at radius 3 is 2.64 bits per heavy atom. The van der Waals surface area contributed by atoms with Gasteiger partial charge in [-0.25, -0.2) is 0 Å². The summed E-state index contributed by atoms with van der Waals surface area (Å²) in [5.41, 5.74) is 0.201. The van der Waals surface area contributed by atoms with Crippen LogP contribution in [-0.4, -0.2) is 57.3 Å². The zero-order chi connectivity index (χ0) is 23.4. The minimum atomic E-state index is -0.641. The number of aliphatic hydroxyl groups excluding tert-OH is 1. The van der Waals surface area contributed by atoms with E-state index in [1.807, 2.05) is 18.2 Å². The number of aromatic nitrogens is 1. The fourth-order valence-corrected chi connectivity index (χ4v) is 6.17. The summed E-state index contributed by atoms with van der Waals surface area (Å²) in [6, 6.07) is 9.02. The van der Waals surface area contributed by atoms with Gasteiger partial charge >= 0.3 is 0 Å². The Labute approximate surface area is 196 Å². The largest absolute Gasteiger partial charge is 0.483 e. The van der Waals surface area contributed by atoms with E-state index in [9.17, 15) is 14.7 Å². The Kier molecular flexibility index (Phi) is 7.11. The number of rotatable bonds is 5. The van der Waals surface area contributed by atoms with E-state index in [-0.39, 0.29) is 36.4 Å². The summed E-state index contributed by atoms with van der Waals surface area (Å²) >= 11 is 1.75. The number of aliphatic hydroxyl groups is 1. The quantitative estimate of drug-likeness (QED) is 0.454. The van der Waals surface area contributed by atoms with Crippen LogP contribution in [0.1, 0.15) is 41.8 Å². The Morgan fingerprint density at radius 1 is 1.21 bits per heavy atom. The first-order valence-electron chi connectivity index (χ1n) is 11.1. The molecule has 0 saturated carbocycles. The van der Waals surface area contributed by atoms with Gasteiger partial charge in [0.15, 0.2) is 0 Å². The highest BCUT2D eigenvalue weighted by molar-refractivity contribution is 7.09. The minimum absolute atomic E-state index is 0.0708. The summed E-state index contributed by atoms with van der Waals surface area (Å²) < 4.78 is 1.73. The van der Waals surface area contributed by atoms with Crippen LogP contribution in [-0.2, 0) is 16.1 Å². The topological polar surface area (TPSA) is 112 Å². The maximum absolute atomic E-state index is 13.5. The number of fused-ring (bicyclic) bond motifs is 4. The molecule has 0 aromatic carbocycles. The molecule has 2 aromatic rings. The molecule has 176 valence electrons. The van der Waals surface area contributed by atoms with Crippen molar-refractivity contribution in [2.45, 2.75) is 43.3 Å². The first kappa shape index (κ1) is 23.4. The third-order valence-corrected chi connectivity index (χ3v) is 7.69. The number of nitrogens with zero attached hydrogens (tertiary/aromatic N) is 2. The van der Waals surface area contributed by atoms with Gasteiger partial charge in [-0.1, -0.05) is 24.3 Å². The smallest absolute Gasteiger partial charge is 0.290 e. The van der Waals surface area contributed by atoms with Crippen LogP contribution >= 0.6 is 11.3 Å². The maximum atomic E-state index is 13.5. The lowest BCUT2D eigenvalue weighted by Gasteiger charge is -2.47. The highest BCUT2D eigenvalue weighted by Gasteiger charge is 2.45. The Hall–Kier alpha value is -2.75. The number of carbonyl (C=O) groups is 2. The number of amides is 1. The first-order chi connectivity index (χ1) is 16.0. The average molecular weight is 472 g/mol. The molecule has 3 aliphatic rings. The molecule has 9 heteroatoms. The van der Waals surface area contributed by atoms with Gasteiger partial charge in [0.25, 0.3) is 12.0 Å². The van der Waals surface area contributed by atoms with Gasteiger partial charge in [0, 0.05) is 48.1 Å². The summed E-state index contributed by atoms with van der Waals surface area (Å²) in [6.07, 6.45) is 6.15. The second-order valence-electron chi connectivity index (χ2n) is 8.98. The molecule has 0 radical (unpaired) electrons. The molecule has 33 heavy (non-hydrogen) atoms. The SMILES string of the molecule is O=C(NC1(CO)CC=CC1)[C@H]1[C@H]2C[C@H](CN(Cc3cccs3)C2)c2cccc(=O)n21.O=CO. The summed E-state index contributed by atoms with van der Waals surface area (Å²) in [5, 5.41) is 22.0. The highest BCUT2D eigenvalue weighted by atomic mass is 32.1. The average Bonchev–Trinajstić information content (AvgIpc) is 3.48. The van der Waals surface area contributed by atoms with Crippen molar-refractivity contribution in [1.29, 1.82) is 0 Å². The Morgan fingerprint density at radius 2 is 1.97 bits per heavy atom. The number of pyridine rings is 1. The standard InChI is InChI=1S/C23H27N3O3S.CH2O2/c27-15-23(8-1-2-9-23)24-22(29)21-17-11-16(19-6-3-7-20(28)26(19)21)12-25(13-17)14-18-5-4-10-30-18;2-1-3/h1-7,10,16-17,21,27H,8-9,11-15H2,(H,24,29);1H,(H,2,3)/t16-,17+,21-;/m1./s1. The van der Waals surface area contributed by atoms with Crippen molar-refractivity contribution in [2.75, 3.05) is 19.7 Å². The van der Waals surface area contributed by atoms with Gasteiger partial charge in [0.05, 0.1) is 12.1 Å². The summed E-state index contributed by atoms with van der Waals surface area (Å²) in [6.45, 7) is 2.21. The molecular formula is C24H29N3O5S. The minimum Gasteiger partial charge on any atom is -0.483 e. The Bertz CT molecular complexity index is 1060. The number of likely N-dealkylation sites (tertiary alicyclic amines) is 1. The van der Waals surface area contributed by atoms with Gasteiger partial charge in [0.1, 0.15) is 6.04 Å². The summed E-state index contributed by atoms with van der Waals surface area (Å²) in [5.74, 6) is 0.173. The number of thiophene rings is 1. The predicted molar refractivity (Wildman–Crippen MR) is 125 cm³/mol. The zero-order valence-electron chi connectivity index (χ0n) is 18.3. The molecule has 1 saturated heterocycles. The van der Waals surface area contributed by atoms with Crippen molar-refractivity contribution in [3.63, 3.8) is 0 Å². The van der Waals surface area contributed by atoms with E-state index in [1.165, 1.54) is 4.88 Å². The molecule has 4 heterocycles. The van der Waals surface area contributed by atoms with E-state index >= 15 is 0 Å². The number of nitrogens with one attached hydrogen (secondary N) is 1. The van der Waals surface area contributed by atoms with Crippen molar-refractivity contribution >= 4 is 23.7 Å². The predicted octanol–water partition coefficient (Wildman–Crippen LogP) is 1.97. The molecule has 2 aliphatic heterocycles. The van der Waals surface area contributed by atoms with Crippen LogP contribution in [0.25, 0.3) is 0 Å². The van der Waals surface area contributed by atoms with Crippen LogP contribution < -0.4 is 10.9 Å². The fraction of sp³-hybridized carbons (Fsp3) is 0.458. The number of hydrogen-bond donors (Lipinski definition) is 3. The van der Waals surface area contributed by atoms with E-state index in [2.05, 4.69) is 27.7 Å². The monoisotopic (exact) mass is 471 g/mol. The zero-order valence-corrected chi connectivity index (χ0v) is 19.1. The number of piperidine rings is 1. The fourth-order valence-electron chi connectivity index (χ4n) is 5.42. The maximum Gasteiger partial charge on any atom is 0.290 e. The number of carbonyl (C=O) groups excluding carboxylic acids is 1. The van der Waals surface area contributed by atoms with Crippen molar-refractivity contribution in [2.24, 2.45) is 5.92 Å². The van der Waals surface area contributed by atoms with E-state index in [4.69, 9.17) is 9.90 Å². The molecule has 8 nitrogen and oxygen atoms in total. The molecule has 1 fully saturated rings. The molecule has 0 unspecified atom stereocenters. The van der Waals surface area contributed by atoms with Crippen LogP contribution in [0.4, 0.5) is 0 Å². The van der Waals surface area contributed by atoms with Crippen LogP contribution in [0.5, 0.6) is 0 Å². The molecular weight excluding hydrogens is 442 g/mol. The third-order valence-electron chi connectivity index (χ3n) is 6.83. The van der Waals surface area contributed by atoms with Crippen molar-refractivity contribution < 1.29 is 19.8 Å². The molecule has 5 rings (SSSR count). The van der Waals surface area contributed by atoms with E-state index < -0.39 is 11.6 Å². The molecule has 1 amide bonds. The van der Waals surface area contributed by atoms with Crippen LogP contribution in [0.3, 0.4) is 0 Å². The number of hydrogen-bond acceptors (Lipinski definition) is 6. The molecule has 0 spiro atoms. The van der Waals surface area contributed by atoms with Gasteiger partial charge in [-0.05, 0) is 36.8 Å². The van der Waals surface area contributed by atoms with Gasteiger partial charge in [0.2, 0.25) is 5.91 Å². The summed E-state index contributed by atoms with van der Waals surface area (Å²) in [7, 11) is 0. The van der Waals surface area contributed by atoms with Crippen molar-refractivity contribution in [3.8, 4) is 0 Å². The van der Waals surface area contributed by atoms with Gasteiger partial charge in [-0.3, -0.25) is 23.9 Å². The van der Waals surface area contributed by atoms with Crippen LogP contribution in [0.2, 0.25) is 0 Å². The van der Waals surface area contributed by atoms with Crippen LogP contribution in [0, 0.1) is 5.92 Å². The molecule has 2 bridgehead atoms. The van der Waals surface area contributed by atoms with Crippen LogP contribution in [0.15, 0.2) is 52.7 Å². The lowest BCUT2D eigenvalue weighted by Crippen LogP contribution is -2.57. The first-order valence-corrected chi connectivity index (χ1v) is 12.0. The molecule has 2 aromatic heterocycles. The molecule has 1 aliphatic carbocycles. The summed E-state index contributed by atoms with van der Waals surface area (Å²) in [4.78, 5) is 38.5. The van der Waals surface area contributed by atoms with Gasteiger partial charge in [-0.2, -0.15) is 0 Å². The lowest BCUT2D eigenvalue weighted by molar-refractivity contribution is -0.130. The van der Waals surface area contributed by atoms with E-state index in [1.54, 1.807) is 28.0 Å². The van der Waals surface area contributed by atoms with E-state index in [0.717, 1.165) is 31.7 Å². The van der Waals surface area contributed by atoms with E-state index in [0.29, 0.717) is 12.8 Å². The molecule has 3 atom stereocenters. The van der Waals surface area contributed by atoms with Crippen molar-refractivity contribution in [3.05, 3.63) is 68.8 Å². The normalized spacial score (nSPS) is 24.9. The second kappa shape index (κ2) is 10.0. The van der Waals surface area contributed by atoms with Crippen molar-refractivity contribution in [1.82, 2.24) is 14.8 Å².